The average molecular weight is 274 g/mol. The molecule has 0 spiro atoms. The Bertz CT molecular complexity index is 808. The van der Waals surface area contributed by atoms with Crippen molar-refractivity contribution in [3.63, 3.8) is 0 Å². The van der Waals surface area contributed by atoms with Gasteiger partial charge in [-0.25, -0.2) is 0 Å². The molecule has 1 aliphatic rings. The van der Waals surface area contributed by atoms with Crippen LogP contribution in [-0.2, 0) is 6.42 Å². The van der Waals surface area contributed by atoms with Gasteiger partial charge < -0.3 is 5.32 Å². The number of aryl methyl sites for hydroxylation is 1. The molecule has 1 N–H and O–H groups in total. The van der Waals surface area contributed by atoms with Crippen LogP contribution in [0.2, 0.25) is 0 Å². The summed E-state index contributed by atoms with van der Waals surface area (Å²) in [5.41, 5.74) is 6.45. The van der Waals surface area contributed by atoms with Gasteiger partial charge in [-0.3, -0.25) is 4.98 Å². The fraction of sp³-hybridized carbons (Fsp3) is 0.211. The van der Waals surface area contributed by atoms with Crippen molar-refractivity contribution in [1.29, 1.82) is 0 Å². The third kappa shape index (κ3) is 2.12. The van der Waals surface area contributed by atoms with E-state index in [4.69, 9.17) is 0 Å². The molecule has 3 aromatic rings. The van der Waals surface area contributed by atoms with E-state index in [1.807, 2.05) is 19.3 Å². The lowest BCUT2D eigenvalue weighted by atomic mass is 10.00. The van der Waals surface area contributed by atoms with E-state index in [0.717, 1.165) is 11.9 Å². The van der Waals surface area contributed by atoms with Gasteiger partial charge in [-0.05, 0) is 48.7 Å². The Morgan fingerprint density at radius 3 is 2.86 bits per heavy atom. The number of rotatable bonds is 2. The van der Waals surface area contributed by atoms with Crippen molar-refractivity contribution in [3.05, 3.63) is 65.9 Å². The zero-order valence-electron chi connectivity index (χ0n) is 12.1. The van der Waals surface area contributed by atoms with Crippen LogP contribution >= 0.6 is 0 Å². The van der Waals surface area contributed by atoms with Crippen molar-refractivity contribution >= 4 is 10.9 Å². The molecule has 0 amide bonds. The van der Waals surface area contributed by atoms with Crippen LogP contribution in [0.1, 0.15) is 23.6 Å². The number of pyridine rings is 1. The molecule has 1 aliphatic carbocycles. The quantitative estimate of drug-likeness (QED) is 0.760. The van der Waals surface area contributed by atoms with Gasteiger partial charge in [-0.2, -0.15) is 0 Å². The smallest absolute Gasteiger partial charge is 0.0702 e. The fourth-order valence-corrected chi connectivity index (χ4v) is 3.33. The number of hydrogen-bond acceptors (Lipinski definition) is 2. The van der Waals surface area contributed by atoms with Gasteiger partial charge in [-0.1, -0.05) is 36.4 Å². The molecule has 0 saturated heterocycles. The zero-order valence-corrected chi connectivity index (χ0v) is 12.1. The van der Waals surface area contributed by atoms with Crippen LogP contribution in [0, 0.1) is 0 Å². The number of para-hydroxylation sites is 1. The van der Waals surface area contributed by atoms with Gasteiger partial charge >= 0.3 is 0 Å². The SMILES string of the molecule is CNC1CCc2cc(-c3cnc4ccccc4c3)ccc21. The minimum Gasteiger partial charge on any atom is -0.313 e. The van der Waals surface area contributed by atoms with Crippen LogP contribution in [0.25, 0.3) is 22.0 Å². The second kappa shape index (κ2) is 4.97. The Balaban J connectivity index is 1.79. The molecule has 0 bridgehead atoms. The van der Waals surface area contributed by atoms with Crippen molar-refractivity contribution in [2.45, 2.75) is 18.9 Å². The Kier molecular flexibility index (Phi) is 2.97. The first kappa shape index (κ1) is 12.5. The lowest BCUT2D eigenvalue weighted by Crippen LogP contribution is -2.12. The van der Waals surface area contributed by atoms with E-state index in [2.05, 4.69) is 52.8 Å². The molecule has 21 heavy (non-hydrogen) atoms. The maximum atomic E-state index is 4.57. The van der Waals surface area contributed by atoms with Gasteiger partial charge in [0.15, 0.2) is 0 Å². The lowest BCUT2D eigenvalue weighted by Gasteiger charge is -2.11. The summed E-state index contributed by atoms with van der Waals surface area (Å²) < 4.78 is 0. The topological polar surface area (TPSA) is 24.9 Å². The third-order valence-corrected chi connectivity index (χ3v) is 4.49. The summed E-state index contributed by atoms with van der Waals surface area (Å²) in [4.78, 5) is 4.57. The summed E-state index contributed by atoms with van der Waals surface area (Å²) >= 11 is 0. The van der Waals surface area contributed by atoms with Gasteiger partial charge in [0.1, 0.15) is 0 Å². The minimum absolute atomic E-state index is 0.517. The Labute approximate surface area is 124 Å². The maximum absolute atomic E-state index is 4.57. The van der Waals surface area contributed by atoms with E-state index in [1.54, 1.807) is 0 Å². The number of fused-ring (bicyclic) bond motifs is 2. The summed E-state index contributed by atoms with van der Waals surface area (Å²) in [6, 6.07) is 17.8. The number of aromatic nitrogens is 1. The van der Waals surface area contributed by atoms with E-state index >= 15 is 0 Å². The maximum Gasteiger partial charge on any atom is 0.0702 e. The summed E-state index contributed by atoms with van der Waals surface area (Å²) in [6.45, 7) is 0. The van der Waals surface area contributed by atoms with E-state index in [9.17, 15) is 0 Å². The standard InChI is InChI=1S/C19H18N2/c1-20-19-9-7-14-10-13(6-8-17(14)19)16-11-15-4-2-3-5-18(15)21-12-16/h2-6,8,10-12,19-20H,7,9H2,1H3. The molecule has 2 aromatic carbocycles. The molecule has 1 heterocycles. The molecule has 2 nitrogen and oxygen atoms in total. The minimum atomic E-state index is 0.517. The highest BCUT2D eigenvalue weighted by Crippen LogP contribution is 2.34. The summed E-state index contributed by atoms with van der Waals surface area (Å²) in [5, 5.41) is 4.59. The Hall–Kier alpha value is -2.19. The molecule has 0 fully saturated rings. The molecule has 1 aromatic heterocycles. The number of nitrogens with zero attached hydrogens (tertiary/aromatic N) is 1. The summed E-state index contributed by atoms with van der Waals surface area (Å²) in [5.74, 6) is 0. The molecular formula is C19H18N2. The molecule has 4 rings (SSSR count). The predicted octanol–water partition coefficient (Wildman–Crippen LogP) is 4.11. The molecule has 1 unspecified atom stereocenters. The third-order valence-electron chi connectivity index (χ3n) is 4.49. The number of benzene rings is 2. The molecule has 2 heteroatoms. The van der Waals surface area contributed by atoms with Crippen molar-refractivity contribution in [3.8, 4) is 11.1 Å². The van der Waals surface area contributed by atoms with Gasteiger partial charge in [0.2, 0.25) is 0 Å². The van der Waals surface area contributed by atoms with Crippen LogP contribution < -0.4 is 5.32 Å². The summed E-state index contributed by atoms with van der Waals surface area (Å²) in [7, 11) is 2.04. The van der Waals surface area contributed by atoms with Crippen molar-refractivity contribution < 1.29 is 0 Å². The molecule has 0 aliphatic heterocycles. The first-order valence-electron chi connectivity index (χ1n) is 7.50. The average Bonchev–Trinajstić information content (AvgIpc) is 2.96. The Morgan fingerprint density at radius 1 is 1.05 bits per heavy atom. The normalized spacial score (nSPS) is 17.1. The van der Waals surface area contributed by atoms with Crippen LogP contribution in [0.5, 0.6) is 0 Å². The highest BCUT2D eigenvalue weighted by atomic mass is 14.9. The van der Waals surface area contributed by atoms with Crippen LogP contribution in [0.3, 0.4) is 0 Å². The number of nitrogens with one attached hydrogen (secondary N) is 1. The predicted molar refractivity (Wildman–Crippen MR) is 87.3 cm³/mol. The van der Waals surface area contributed by atoms with Crippen molar-refractivity contribution in [2.24, 2.45) is 0 Å². The molecule has 0 saturated carbocycles. The number of hydrogen-bond donors (Lipinski definition) is 1. The monoisotopic (exact) mass is 274 g/mol. The molecule has 0 radical (unpaired) electrons. The fourth-order valence-electron chi connectivity index (χ4n) is 3.33. The van der Waals surface area contributed by atoms with E-state index in [0.29, 0.717) is 6.04 Å². The van der Waals surface area contributed by atoms with Crippen molar-refractivity contribution in [1.82, 2.24) is 10.3 Å². The molecular weight excluding hydrogens is 256 g/mol. The van der Waals surface area contributed by atoms with Gasteiger partial charge in [-0.15, -0.1) is 0 Å². The van der Waals surface area contributed by atoms with E-state index < -0.39 is 0 Å². The second-order valence-electron chi connectivity index (χ2n) is 5.71. The van der Waals surface area contributed by atoms with Gasteiger partial charge in [0.25, 0.3) is 0 Å². The highest BCUT2D eigenvalue weighted by Gasteiger charge is 2.21. The molecule has 104 valence electrons. The first-order valence-corrected chi connectivity index (χ1v) is 7.50. The zero-order chi connectivity index (χ0) is 14.2. The highest BCUT2D eigenvalue weighted by molar-refractivity contribution is 5.83. The van der Waals surface area contributed by atoms with E-state index in [1.165, 1.54) is 34.1 Å². The van der Waals surface area contributed by atoms with Crippen LogP contribution in [0.4, 0.5) is 0 Å². The largest absolute Gasteiger partial charge is 0.313 e. The summed E-state index contributed by atoms with van der Waals surface area (Å²) in [6.07, 6.45) is 4.34. The van der Waals surface area contributed by atoms with Crippen LogP contribution in [-0.4, -0.2) is 12.0 Å². The lowest BCUT2D eigenvalue weighted by molar-refractivity contribution is 0.590. The van der Waals surface area contributed by atoms with E-state index in [-0.39, 0.29) is 0 Å². The Morgan fingerprint density at radius 2 is 1.95 bits per heavy atom. The van der Waals surface area contributed by atoms with Crippen molar-refractivity contribution in [2.75, 3.05) is 7.05 Å². The second-order valence-corrected chi connectivity index (χ2v) is 5.71. The van der Waals surface area contributed by atoms with Gasteiger partial charge in [0.05, 0.1) is 5.52 Å². The molecule has 1 atom stereocenters. The first-order chi connectivity index (χ1) is 10.3. The van der Waals surface area contributed by atoms with Crippen LogP contribution in [0.15, 0.2) is 54.7 Å². The van der Waals surface area contributed by atoms with Gasteiger partial charge in [0, 0.05) is 23.2 Å².